The van der Waals surface area contributed by atoms with E-state index in [-0.39, 0.29) is 19.8 Å². The van der Waals surface area contributed by atoms with E-state index < -0.39 is 21.8 Å². The lowest BCUT2D eigenvalue weighted by Crippen LogP contribution is -2.25. The van der Waals surface area contributed by atoms with Crippen LogP contribution < -0.4 is 0 Å². The number of carbonyl (C=O) groups excluding carboxylic acids is 1. The first-order valence-electron chi connectivity index (χ1n) is 5.96. The van der Waals surface area contributed by atoms with Gasteiger partial charge in [0.25, 0.3) is 0 Å². The Hall–Kier alpha value is -0.920. The predicted molar refractivity (Wildman–Crippen MR) is 70.7 cm³/mol. The first-order valence-corrected chi connectivity index (χ1v) is 7.29. The highest BCUT2D eigenvalue weighted by atomic mass is 32.3. The smallest absolute Gasteiger partial charge is 0.399 e. The molecule has 0 atom stereocenters. The molecule has 0 aliphatic heterocycles. The lowest BCUT2D eigenvalue weighted by Gasteiger charge is -2.23. The highest BCUT2D eigenvalue weighted by molar-refractivity contribution is 7.81. The van der Waals surface area contributed by atoms with Gasteiger partial charge in [-0.2, -0.15) is 8.42 Å². The summed E-state index contributed by atoms with van der Waals surface area (Å²) in [5.41, 5.74) is -0.132. The maximum atomic E-state index is 11.2. The molecule has 0 aliphatic carbocycles. The second kappa shape index (κ2) is 7.62. The van der Waals surface area contributed by atoms with Crippen molar-refractivity contribution in [1.29, 1.82) is 0 Å². The van der Waals surface area contributed by atoms with Crippen LogP contribution >= 0.6 is 0 Å². The molecule has 7 heteroatoms. The number of carbonyl (C=O) groups is 1. The Morgan fingerprint density at radius 1 is 1.26 bits per heavy atom. The Labute approximate surface area is 115 Å². The number of esters is 1. The number of hydrogen-bond acceptors (Lipinski definition) is 6. The average molecular weight is 294 g/mol. The summed E-state index contributed by atoms with van der Waals surface area (Å²) in [7, 11) is -3.94. The van der Waals surface area contributed by atoms with Crippen LogP contribution in [0.25, 0.3) is 0 Å². The van der Waals surface area contributed by atoms with E-state index >= 15 is 0 Å². The fourth-order valence-electron chi connectivity index (χ4n) is 1.03. The molecule has 0 amide bonds. The molecule has 0 spiro atoms. The molecule has 0 heterocycles. The summed E-state index contributed by atoms with van der Waals surface area (Å²) in [6.45, 7) is 10.4. The maximum Gasteiger partial charge on any atom is 0.399 e. The van der Waals surface area contributed by atoms with Crippen molar-refractivity contribution in [2.75, 3.05) is 19.8 Å². The van der Waals surface area contributed by atoms with Gasteiger partial charge in [0.15, 0.2) is 0 Å². The molecular weight excluding hydrogens is 272 g/mol. The van der Waals surface area contributed by atoms with Gasteiger partial charge in [-0.3, -0.25) is 0 Å². The third-order valence-electron chi connectivity index (χ3n) is 2.22. The summed E-state index contributed by atoms with van der Waals surface area (Å²) in [5.74, 6) is -0.460. The highest BCUT2D eigenvalue weighted by Crippen LogP contribution is 2.22. The van der Waals surface area contributed by atoms with Gasteiger partial charge in [-0.05, 0) is 25.7 Å². The molecule has 0 aromatic rings. The van der Waals surface area contributed by atoms with Gasteiger partial charge < -0.3 is 4.74 Å². The van der Waals surface area contributed by atoms with Crippen molar-refractivity contribution in [2.24, 2.45) is 5.41 Å². The number of ether oxygens (including phenoxy) is 1. The lowest BCUT2D eigenvalue weighted by atomic mass is 9.91. The van der Waals surface area contributed by atoms with Gasteiger partial charge in [-0.1, -0.05) is 20.4 Å². The maximum absolute atomic E-state index is 11.2. The van der Waals surface area contributed by atoms with Crippen LogP contribution in [0.1, 0.15) is 34.1 Å². The summed E-state index contributed by atoms with van der Waals surface area (Å²) < 4.78 is 36.5. The van der Waals surface area contributed by atoms with E-state index in [1.54, 1.807) is 13.8 Å². The van der Waals surface area contributed by atoms with Crippen molar-refractivity contribution in [2.45, 2.75) is 34.1 Å². The summed E-state index contributed by atoms with van der Waals surface area (Å²) in [6.07, 6.45) is 0.466. The van der Waals surface area contributed by atoms with Crippen LogP contribution in [-0.4, -0.2) is 34.2 Å². The molecule has 112 valence electrons. The van der Waals surface area contributed by atoms with Gasteiger partial charge in [-0.25, -0.2) is 13.2 Å². The minimum atomic E-state index is -3.94. The van der Waals surface area contributed by atoms with Crippen LogP contribution in [0.4, 0.5) is 0 Å². The Kier molecular flexibility index (Phi) is 7.25. The minimum Gasteiger partial charge on any atom is -0.462 e. The fraction of sp³-hybridized carbons (Fsp3) is 0.750. The SMILES string of the molecule is C=C(C)C(=O)OCCC(C)(C)COS(=O)(=O)OCC. The van der Waals surface area contributed by atoms with E-state index in [1.165, 1.54) is 0 Å². The predicted octanol–water partition coefficient (Wildman–Crippen LogP) is 1.82. The number of hydrogen-bond donors (Lipinski definition) is 0. The first kappa shape index (κ1) is 18.1. The molecule has 0 bridgehead atoms. The van der Waals surface area contributed by atoms with Crippen molar-refractivity contribution in [3.8, 4) is 0 Å². The monoisotopic (exact) mass is 294 g/mol. The molecule has 0 rings (SSSR count). The van der Waals surface area contributed by atoms with Gasteiger partial charge >= 0.3 is 16.4 Å². The second-order valence-corrected chi connectivity index (χ2v) is 6.20. The van der Waals surface area contributed by atoms with Crippen molar-refractivity contribution in [1.82, 2.24) is 0 Å². The summed E-state index contributed by atoms with van der Waals surface area (Å²) >= 11 is 0. The third-order valence-corrected chi connectivity index (χ3v) is 3.15. The zero-order valence-electron chi connectivity index (χ0n) is 11.9. The largest absolute Gasteiger partial charge is 0.462 e. The molecule has 0 radical (unpaired) electrons. The molecule has 0 aliphatic rings. The molecule has 6 nitrogen and oxygen atoms in total. The Morgan fingerprint density at radius 2 is 1.84 bits per heavy atom. The van der Waals surface area contributed by atoms with Crippen LogP contribution in [0, 0.1) is 5.41 Å². The lowest BCUT2D eigenvalue weighted by molar-refractivity contribution is -0.139. The second-order valence-electron chi connectivity index (χ2n) is 4.91. The molecule has 19 heavy (non-hydrogen) atoms. The zero-order chi connectivity index (χ0) is 15.1. The molecule has 0 saturated heterocycles. The van der Waals surface area contributed by atoms with Gasteiger partial charge in [0.2, 0.25) is 0 Å². The average Bonchev–Trinajstić information content (AvgIpc) is 2.26. The van der Waals surface area contributed by atoms with Crippen LogP contribution in [0.2, 0.25) is 0 Å². The van der Waals surface area contributed by atoms with E-state index in [2.05, 4.69) is 10.8 Å². The molecule has 0 N–H and O–H groups in total. The summed E-state index contributed by atoms with van der Waals surface area (Å²) in [4.78, 5) is 11.2. The van der Waals surface area contributed by atoms with E-state index in [9.17, 15) is 13.2 Å². The zero-order valence-corrected chi connectivity index (χ0v) is 12.7. The molecule has 0 aromatic heterocycles. The summed E-state index contributed by atoms with van der Waals surface area (Å²) in [5, 5.41) is 0. The van der Waals surface area contributed by atoms with Crippen LogP contribution in [0.15, 0.2) is 12.2 Å². The van der Waals surface area contributed by atoms with Crippen molar-refractivity contribution in [3.63, 3.8) is 0 Å². The fourth-order valence-corrected chi connectivity index (χ4v) is 1.85. The Morgan fingerprint density at radius 3 is 2.32 bits per heavy atom. The molecule has 0 saturated carbocycles. The minimum absolute atomic E-state index is 0.0268. The van der Waals surface area contributed by atoms with Gasteiger partial charge in [0, 0.05) is 5.57 Å². The molecule has 0 unspecified atom stereocenters. The van der Waals surface area contributed by atoms with Crippen molar-refractivity contribution < 1.29 is 26.3 Å². The molecular formula is C12H22O6S. The van der Waals surface area contributed by atoms with Crippen molar-refractivity contribution in [3.05, 3.63) is 12.2 Å². The van der Waals surface area contributed by atoms with Crippen LogP contribution in [0.5, 0.6) is 0 Å². The quantitative estimate of drug-likeness (QED) is 0.477. The van der Waals surface area contributed by atoms with Crippen LogP contribution in [-0.2, 0) is 28.3 Å². The first-order chi connectivity index (χ1) is 8.59. The van der Waals surface area contributed by atoms with Gasteiger partial charge in [0.1, 0.15) is 0 Å². The third kappa shape index (κ3) is 8.74. The molecule has 0 aromatic carbocycles. The molecule has 0 fully saturated rings. The van der Waals surface area contributed by atoms with E-state index in [0.717, 1.165) is 0 Å². The number of rotatable bonds is 9. The standard InChI is InChI=1S/C12H22O6S/c1-6-17-19(14,15)18-9-12(4,5)7-8-16-11(13)10(2)3/h2,6-9H2,1,3-5H3. The Bertz CT molecular complexity index is 410. The highest BCUT2D eigenvalue weighted by Gasteiger charge is 2.23. The van der Waals surface area contributed by atoms with E-state index in [0.29, 0.717) is 12.0 Å². The van der Waals surface area contributed by atoms with Crippen molar-refractivity contribution >= 4 is 16.4 Å². The normalized spacial score (nSPS) is 12.2. The van der Waals surface area contributed by atoms with E-state index in [1.807, 2.05) is 13.8 Å². The van der Waals surface area contributed by atoms with Gasteiger partial charge in [-0.15, -0.1) is 0 Å². The van der Waals surface area contributed by atoms with Crippen LogP contribution in [0.3, 0.4) is 0 Å². The topological polar surface area (TPSA) is 78.9 Å². The van der Waals surface area contributed by atoms with Gasteiger partial charge in [0.05, 0.1) is 19.8 Å². The summed E-state index contributed by atoms with van der Waals surface area (Å²) in [6, 6.07) is 0. The van der Waals surface area contributed by atoms with E-state index in [4.69, 9.17) is 8.92 Å². The Balaban J connectivity index is 4.12.